The van der Waals surface area contributed by atoms with Gasteiger partial charge in [-0.1, -0.05) is 31.5 Å². The van der Waals surface area contributed by atoms with Crippen molar-refractivity contribution >= 4 is 0 Å². The van der Waals surface area contributed by atoms with Crippen LogP contribution in [-0.4, -0.2) is 12.6 Å². The lowest BCUT2D eigenvalue weighted by Gasteiger charge is -2.20. The van der Waals surface area contributed by atoms with Gasteiger partial charge in [-0.05, 0) is 63.3 Å². The van der Waals surface area contributed by atoms with Gasteiger partial charge in [0.1, 0.15) is 0 Å². The molecule has 1 nitrogen and oxygen atoms in total. The Hall–Kier alpha value is -0.820. The first kappa shape index (κ1) is 14.2. The van der Waals surface area contributed by atoms with Crippen LogP contribution in [-0.2, 0) is 6.42 Å². The highest BCUT2D eigenvalue weighted by Crippen LogP contribution is 2.18. The van der Waals surface area contributed by atoms with Crippen molar-refractivity contribution in [1.82, 2.24) is 5.32 Å². The lowest BCUT2D eigenvalue weighted by molar-refractivity contribution is 0.493. The number of nitrogens with one attached hydrogen (secondary N) is 1. The third-order valence-corrected chi connectivity index (χ3v) is 3.47. The monoisotopic (exact) mass is 233 g/mol. The maximum atomic E-state index is 3.64. The smallest absolute Gasteiger partial charge is 0.0105 e. The van der Waals surface area contributed by atoms with Gasteiger partial charge in [0.2, 0.25) is 0 Å². The van der Waals surface area contributed by atoms with Crippen LogP contribution in [0.1, 0.15) is 48.9 Å². The molecule has 0 fully saturated rings. The number of hydrogen-bond donors (Lipinski definition) is 1. The summed E-state index contributed by atoms with van der Waals surface area (Å²) in [5.41, 5.74) is 5.79. The first-order valence-electron chi connectivity index (χ1n) is 6.88. The van der Waals surface area contributed by atoms with E-state index in [4.69, 9.17) is 0 Å². The van der Waals surface area contributed by atoms with Crippen LogP contribution in [0.25, 0.3) is 0 Å². The molecule has 0 saturated carbocycles. The molecule has 1 atom stereocenters. The topological polar surface area (TPSA) is 12.0 Å². The van der Waals surface area contributed by atoms with Crippen LogP contribution in [0.4, 0.5) is 0 Å². The van der Waals surface area contributed by atoms with Crippen LogP contribution in [0.15, 0.2) is 12.1 Å². The van der Waals surface area contributed by atoms with Gasteiger partial charge < -0.3 is 5.32 Å². The van der Waals surface area contributed by atoms with Crippen molar-refractivity contribution in [2.45, 2.75) is 59.9 Å². The predicted molar refractivity (Wildman–Crippen MR) is 76.7 cm³/mol. The zero-order valence-corrected chi connectivity index (χ0v) is 12.1. The van der Waals surface area contributed by atoms with Crippen LogP contribution < -0.4 is 5.32 Å². The molecule has 1 heteroatoms. The molecular weight excluding hydrogens is 206 g/mol. The molecule has 1 rings (SSSR count). The SMILES string of the molecule is CCCNC(CC)Cc1c(C)cc(C)cc1C. The summed E-state index contributed by atoms with van der Waals surface area (Å²) in [5, 5.41) is 3.64. The van der Waals surface area contributed by atoms with Crippen molar-refractivity contribution in [3.8, 4) is 0 Å². The Balaban J connectivity index is 2.78. The van der Waals surface area contributed by atoms with Crippen LogP contribution >= 0.6 is 0 Å². The molecule has 0 aliphatic rings. The van der Waals surface area contributed by atoms with Gasteiger partial charge in [-0.3, -0.25) is 0 Å². The quantitative estimate of drug-likeness (QED) is 0.785. The lowest BCUT2D eigenvalue weighted by atomic mass is 9.93. The maximum Gasteiger partial charge on any atom is 0.0105 e. The first-order chi connectivity index (χ1) is 8.08. The Morgan fingerprint density at radius 2 is 1.65 bits per heavy atom. The van der Waals surface area contributed by atoms with Gasteiger partial charge in [0.15, 0.2) is 0 Å². The molecule has 0 amide bonds. The molecule has 1 aromatic carbocycles. The Bertz CT molecular complexity index is 332. The van der Waals surface area contributed by atoms with Gasteiger partial charge in [0, 0.05) is 6.04 Å². The van der Waals surface area contributed by atoms with Crippen LogP contribution in [0, 0.1) is 20.8 Å². The van der Waals surface area contributed by atoms with E-state index in [0.717, 1.165) is 13.0 Å². The Kier molecular flexibility index (Phi) is 5.70. The Morgan fingerprint density at radius 1 is 1.06 bits per heavy atom. The van der Waals surface area contributed by atoms with E-state index < -0.39 is 0 Å². The van der Waals surface area contributed by atoms with E-state index in [0.29, 0.717) is 6.04 Å². The van der Waals surface area contributed by atoms with Gasteiger partial charge in [0.05, 0.1) is 0 Å². The van der Waals surface area contributed by atoms with Gasteiger partial charge in [-0.15, -0.1) is 0 Å². The normalized spacial score (nSPS) is 12.8. The second kappa shape index (κ2) is 6.80. The number of hydrogen-bond acceptors (Lipinski definition) is 1. The largest absolute Gasteiger partial charge is 0.314 e. The molecule has 0 spiro atoms. The van der Waals surface area contributed by atoms with Crippen molar-refractivity contribution in [2.24, 2.45) is 0 Å². The highest BCUT2D eigenvalue weighted by Gasteiger charge is 2.10. The molecule has 0 aliphatic carbocycles. The summed E-state index contributed by atoms with van der Waals surface area (Å²) in [6, 6.07) is 5.22. The molecule has 1 aromatic rings. The van der Waals surface area contributed by atoms with Crippen molar-refractivity contribution in [3.05, 3.63) is 34.4 Å². The number of aryl methyl sites for hydroxylation is 3. The molecule has 0 radical (unpaired) electrons. The minimum atomic E-state index is 0.620. The molecule has 0 aromatic heterocycles. The molecule has 96 valence electrons. The minimum Gasteiger partial charge on any atom is -0.314 e. The van der Waals surface area contributed by atoms with Crippen molar-refractivity contribution < 1.29 is 0 Å². The average molecular weight is 233 g/mol. The number of benzene rings is 1. The van der Waals surface area contributed by atoms with E-state index in [2.05, 4.69) is 52.1 Å². The second-order valence-corrected chi connectivity index (χ2v) is 5.14. The molecule has 1 N–H and O–H groups in total. The van der Waals surface area contributed by atoms with E-state index in [9.17, 15) is 0 Å². The van der Waals surface area contributed by atoms with Gasteiger partial charge >= 0.3 is 0 Å². The van der Waals surface area contributed by atoms with Gasteiger partial charge in [-0.25, -0.2) is 0 Å². The van der Waals surface area contributed by atoms with Crippen molar-refractivity contribution in [3.63, 3.8) is 0 Å². The summed E-state index contributed by atoms with van der Waals surface area (Å²) in [7, 11) is 0. The molecular formula is C16H27N. The molecule has 0 heterocycles. The predicted octanol–water partition coefficient (Wildman–Crippen LogP) is 3.93. The van der Waals surface area contributed by atoms with Crippen LogP contribution in [0.2, 0.25) is 0 Å². The third kappa shape index (κ3) is 4.16. The van der Waals surface area contributed by atoms with Crippen molar-refractivity contribution in [1.29, 1.82) is 0 Å². The Morgan fingerprint density at radius 3 is 2.12 bits per heavy atom. The summed E-state index contributed by atoms with van der Waals surface area (Å²) in [5.74, 6) is 0. The summed E-state index contributed by atoms with van der Waals surface area (Å²) < 4.78 is 0. The molecule has 17 heavy (non-hydrogen) atoms. The molecule has 1 unspecified atom stereocenters. The van der Waals surface area contributed by atoms with E-state index >= 15 is 0 Å². The molecule has 0 saturated heterocycles. The summed E-state index contributed by atoms with van der Waals surface area (Å²) in [6.45, 7) is 12.3. The minimum absolute atomic E-state index is 0.620. The standard InChI is InChI=1S/C16H27N/c1-6-8-17-15(7-2)11-16-13(4)9-12(3)10-14(16)5/h9-10,15,17H,6-8,11H2,1-5H3. The summed E-state index contributed by atoms with van der Waals surface area (Å²) >= 11 is 0. The second-order valence-electron chi connectivity index (χ2n) is 5.14. The van der Waals surface area contributed by atoms with E-state index in [1.807, 2.05) is 0 Å². The van der Waals surface area contributed by atoms with E-state index in [1.165, 1.54) is 35.1 Å². The summed E-state index contributed by atoms with van der Waals surface area (Å²) in [6.07, 6.45) is 3.57. The third-order valence-electron chi connectivity index (χ3n) is 3.47. The fourth-order valence-corrected chi connectivity index (χ4v) is 2.49. The zero-order valence-electron chi connectivity index (χ0n) is 12.1. The fraction of sp³-hybridized carbons (Fsp3) is 0.625. The van der Waals surface area contributed by atoms with Gasteiger partial charge in [0.25, 0.3) is 0 Å². The number of rotatable bonds is 6. The Labute approximate surface area is 107 Å². The fourth-order valence-electron chi connectivity index (χ4n) is 2.49. The highest BCUT2D eigenvalue weighted by atomic mass is 14.9. The molecule has 0 bridgehead atoms. The summed E-state index contributed by atoms with van der Waals surface area (Å²) in [4.78, 5) is 0. The van der Waals surface area contributed by atoms with Crippen molar-refractivity contribution in [2.75, 3.05) is 6.54 Å². The van der Waals surface area contributed by atoms with Gasteiger partial charge in [-0.2, -0.15) is 0 Å². The average Bonchev–Trinajstić information content (AvgIpc) is 2.27. The van der Waals surface area contributed by atoms with Crippen LogP contribution in [0.3, 0.4) is 0 Å². The highest BCUT2D eigenvalue weighted by molar-refractivity contribution is 5.38. The first-order valence-corrected chi connectivity index (χ1v) is 6.88. The van der Waals surface area contributed by atoms with E-state index in [1.54, 1.807) is 0 Å². The van der Waals surface area contributed by atoms with Crippen LogP contribution in [0.5, 0.6) is 0 Å². The van der Waals surface area contributed by atoms with E-state index in [-0.39, 0.29) is 0 Å². The zero-order chi connectivity index (χ0) is 12.8. The molecule has 0 aliphatic heterocycles. The maximum absolute atomic E-state index is 3.64. The lowest BCUT2D eigenvalue weighted by Crippen LogP contribution is -2.31.